The summed E-state index contributed by atoms with van der Waals surface area (Å²) in [7, 11) is 0. The fraction of sp³-hybridized carbons (Fsp3) is 0.474. The smallest absolute Gasteiger partial charge is 0.258 e. The first-order valence-electron chi connectivity index (χ1n) is 8.63. The number of halogens is 2. The van der Waals surface area contributed by atoms with E-state index in [4.69, 9.17) is 27.9 Å². The third-order valence-electron chi connectivity index (χ3n) is 4.78. The van der Waals surface area contributed by atoms with Gasteiger partial charge in [-0.2, -0.15) is 0 Å². The predicted molar refractivity (Wildman–Crippen MR) is 102 cm³/mol. The molecule has 25 heavy (non-hydrogen) atoms. The van der Waals surface area contributed by atoms with Crippen LogP contribution in [0.4, 0.5) is 0 Å². The Kier molecular flexibility index (Phi) is 5.70. The van der Waals surface area contributed by atoms with Crippen LogP contribution in [0.2, 0.25) is 10.0 Å². The second-order valence-electron chi connectivity index (χ2n) is 6.74. The highest BCUT2D eigenvalue weighted by Crippen LogP contribution is 2.37. The molecule has 0 saturated heterocycles. The molecule has 1 heterocycles. The van der Waals surface area contributed by atoms with E-state index >= 15 is 0 Å². The van der Waals surface area contributed by atoms with Gasteiger partial charge in [0.1, 0.15) is 5.52 Å². The molecule has 0 radical (unpaired) electrons. The van der Waals surface area contributed by atoms with Crippen LogP contribution >= 0.6 is 23.2 Å². The van der Waals surface area contributed by atoms with Gasteiger partial charge in [-0.1, -0.05) is 43.0 Å². The van der Waals surface area contributed by atoms with Crippen molar-refractivity contribution in [2.75, 3.05) is 6.61 Å². The zero-order valence-corrected chi connectivity index (χ0v) is 16.0. The molecule has 1 aliphatic rings. The molecule has 1 aromatic heterocycles. The maximum atomic E-state index is 12.3. The van der Waals surface area contributed by atoms with Crippen molar-refractivity contribution >= 4 is 40.0 Å². The number of ether oxygens (including phenoxy) is 1. The van der Waals surface area contributed by atoms with Crippen molar-refractivity contribution in [2.45, 2.75) is 45.6 Å². The molecular weight excluding hydrogens is 359 g/mol. The normalized spacial score (nSPS) is 20.5. The number of aromatic nitrogens is 1. The van der Waals surface area contributed by atoms with Crippen molar-refractivity contribution < 1.29 is 9.53 Å². The van der Waals surface area contributed by atoms with E-state index in [1.54, 1.807) is 6.07 Å². The van der Waals surface area contributed by atoms with Crippen LogP contribution < -0.4 is 10.1 Å². The van der Waals surface area contributed by atoms with Gasteiger partial charge in [0, 0.05) is 17.1 Å². The number of nitrogens with one attached hydrogen (secondary N) is 1. The van der Waals surface area contributed by atoms with Crippen molar-refractivity contribution in [3.05, 3.63) is 33.9 Å². The van der Waals surface area contributed by atoms with Crippen molar-refractivity contribution in [1.29, 1.82) is 0 Å². The zero-order chi connectivity index (χ0) is 18.0. The SMILES string of the molecule is Cc1ccc2c(Cl)cc(Cl)c(OCC(=O)N[C@@H]3CCCC[C@@H]3C)c2n1. The average Bonchev–Trinajstić information content (AvgIpc) is 2.56. The molecule has 0 unspecified atom stereocenters. The van der Waals surface area contributed by atoms with Gasteiger partial charge < -0.3 is 10.1 Å². The molecule has 4 nitrogen and oxygen atoms in total. The quantitative estimate of drug-likeness (QED) is 0.818. The molecule has 2 atom stereocenters. The van der Waals surface area contributed by atoms with Crippen molar-refractivity contribution in [1.82, 2.24) is 10.3 Å². The summed E-state index contributed by atoms with van der Waals surface area (Å²) in [6.07, 6.45) is 4.58. The van der Waals surface area contributed by atoms with Crippen molar-refractivity contribution in [3.8, 4) is 5.75 Å². The van der Waals surface area contributed by atoms with Gasteiger partial charge in [-0.3, -0.25) is 4.79 Å². The minimum absolute atomic E-state index is 0.0880. The Morgan fingerprint density at radius 1 is 1.28 bits per heavy atom. The van der Waals surface area contributed by atoms with Crippen molar-refractivity contribution in [2.24, 2.45) is 5.92 Å². The lowest BCUT2D eigenvalue weighted by molar-refractivity contribution is -0.124. The number of benzene rings is 1. The number of aryl methyl sites for hydroxylation is 1. The molecule has 1 fully saturated rings. The molecule has 1 aliphatic carbocycles. The van der Waals surface area contributed by atoms with Gasteiger partial charge in [-0.25, -0.2) is 4.98 Å². The first-order chi connectivity index (χ1) is 12.0. The molecule has 6 heteroatoms. The monoisotopic (exact) mass is 380 g/mol. The Hall–Kier alpha value is -1.52. The first kappa shape index (κ1) is 18.3. The Labute approximate surface area is 157 Å². The molecule has 1 aromatic carbocycles. The second kappa shape index (κ2) is 7.79. The molecule has 2 aromatic rings. The minimum atomic E-state index is -0.134. The van der Waals surface area contributed by atoms with E-state index in [1.165, 1.54) is 6.42 Å². The Bertz CT molecular complexity index is 795. The van der Waals surface area contributed by atoms with E-state index in [0.717, 1.165) is 30.3 Å². The molecule has 3 rings (SSSR count). The van der Waals surface area contributed by atoms with Crippen LogP contribution in [-0.4, -0.2) is 23.5 Å². The highest BCUT2D eigenvalue weighted by molar-refractivity contribution is 6.39. The summed E-state index contributed by atoms with van der Waals surface area (Å²) in [6, 6.07) is 5.61. The number of nitrogens with zero attached hydrogens (tertiary/aromatic N) is 1. The van der Waals surface area contributed by atoms with E-state index in [1.807, 2.05) is 19.1 Å². The lowest BCUT2D eigenvalue weighted by Crippen LogP contribution is -2.43. The van der Waals surface area contributed by atoms with Crippen LogP contribution in [0, 0.1) is 12.8 Å². The first-order valence-corrected chi connectivity index (χ1v) is 9.39. The van der Waals surface area contributed by atoms with E-state index in [0.29, 0.717) is 27.2 Å². The number of carbonyl (C=O) groups is 1. The highest BCUT2D eigenvalue weighted by Gasteiger charge is 2.23. The Morgan fingerprint density at radius 3 is 2.80 bits per heavy atom. The van der Waals surface area contributed by atoms with Crippen LogP contribution in [0.15, 0.2) is 18.2 Å². The van der Waals surface area contributed by atoms with Gasteiger partial charge >= 0.3 is 0 Å². The van der Waals surface area contributed by atoms with E-state index in [9.17, 15) is 4.79 Å². The Balaban J connectivity index is 1.74. The van der Waals surface area contributed by atoms with Crippen LogP contribution in [-0.2, 0) is 4.79 Å². The lowest BCUT2D eigenvalue weighted by Gasteiger charge is -2.29. The fourth-order valence-corrected chi connectivity index (χ4v) is 3.91. The predicted octanol–water partition coefficient (Wildman–Crippen LogP) is 4.92. The summed E-state index contributed by atoms with van der Waals surface area (Å²) < 4.78 is 5.73. The average molecular weight is 381 g/mol. The van der Waals surface area contributed by atoms with Gasteiger partial charge in [0.25, 0.3) is 5.91 Å². The molecule has 0 bridgehead atoms. The van der Waals surface area contributed by atoms with Crippen LogP contribution in [0.1, 0.15) is 38.3 Å². The van der Waals surface area contributed by atoms with E-state index < -0.39 is 0 Å². The topological polar surface area (TPSA) is 51.2 Å². The molecule has 134 valence electrons. The maximum Gasteiger partial charge on any atom is 0.258 e. The van der Waals surface area contributed by atoms with Crippen molar-refractivity contribution in [3.63, 3.8) is 0 Å². The summed E-state index contributed by atoms with van der Waals surface area (Å²) in [5, 5.41) is 4.70. The number of hydrogen-bond donors (Lipinski definition) is 1. The number of pyridine rings is 1. The summed E-state index contributed by atoms with van der Waals surface area (Å²) in [4.78, 5) is 16.8. The van der Waals surface area contributed by atoms with E-state index in [-0.39, 0.29) is 18.6 Å². The summed E-state index contributed by atoms with van der Waals surface area (Å²) in [6.45, 7) is 3.98. The Morgan fingerprint density at radius 2 is 2.04 bits per heavy atom. The molecular formula is C19H22Cl2N2O2. The van der Waals surface area contributed by atoms with Gasteiger partial charge in [0.05, 0.1) is 10.0 Å². The minimum Gasteiger partial charge on any atom is -0.480 e. The third-order valence-corrected chi connectivity index (χ3v) is 5.38. The van der Waals surface area contributed by atoms with Crippen LogP contribution in [0.5, 0.6) is 5.75 Å². The standard InChI is InChI=1S/C19H22Cl2N2O2/c1-11-5-3-4-6-16(11)23-17(24)10-25-19-15(21)9-14(20)13-8-7-12(2)22-18(13)19/h7-9,11,16H,3-6,10H2,1-2H3,(H,23,24)/t11-,16+/m0/s1. The number of hydrogen-bond acceptors (Lipinski definition) is 3. The van der Waals surface area contributed by atoms with Gasteiger partial charge in [0.2, 0.25) is 0 Å². The zero-order valence-electron chi connectivity index (χ0n) is 14.4. The van der Waals surface area contributed by atoms with Gasteiger partial charge in [-0.15, -0.1) is 0 Å². The largest absolute Gasteiger partial charge is 0.480 e. The molecule has 0 spiro atoms. The maximum absolute atomic E-state index is 12.3. The number of carbonyl (C=O) groups excluding carboxylic acids is 1. The molecule has 1 N–H and O–H groups in total. The highest BCUT2D eigenvalue weighted by atomic mass is 35.5. The third kappa shape index (κ3) is 4.18. The number of amides is 1. The summed E-state index contributed by atoms with van der Waals surface area (Å²) >= 11 is 12.5. The summed E-state index contributed by atoms with van der Waals surface area (Å²) in [5.74, 6) is 0.768. The number of fused-ring (bicyclic) bond motifs is 1. The van der Waals surface area contributed by atoms with E-state index in [2.05, 4.69) is 17.2 Å². The molecule has 1 saturated carbocycles. The lowest BCUT2D eigenvalue weighted by atomic mass is 9.86. The van der Waals surface area contributed by atoms with Crippen LogP contribution in [0.25, 0.3) is 10.9 Å². The fourth-order valence-electron chi connectivity index (χ4n) is 3.34. The van der Waals surface area contributed by atoms with Crippen LogP contribution in [0.3, 0.4) is 0 Å². The van der Waals surface area contributed by atoms with Gasteiger partial charge in [-0.05, 0) is 43.9 Å². The molecule has 1 amide bonds. The molecule has 0 aliphatic heterocycles. The second-order valence-corrected chi connectivity index (χ2v) is 7.56. The van der Waals surface area contributed by atoms with Gasteiger partial charge in [0.15, 0.2) is 12.4 Å². The number of rotatable bonds is 4. The summed E-state index contributed by atoms with van der Waals surface area (Å²) in [5.41, 5.74) is 1.41.